The first-order chi connectivity index (χ1) is 23.6. The second-order valence-electron chi connectivity index (χ2n) is 13.8. The fraction of sp³-hybridized carbons (Fsp3) is 0.462. The number of nitrogens with zero attached hydrogens (tertiary/aromatic N) is 4. The average Bonchev–Trinajstić information content (AvgIpc) is 3.33. The number of rotatable bonds is 7. The van der Waals surface area contributed by atoms with E-state index < -0.39 is 16.4 Å². The van der Waals surface area contributed by atoms with Crippen LogP contribution < -0.4 is 9.46 Å². The van der Waals surface area contributed by atoms with Crippen molar-refractivity contribution in [1.82, 2.24) is 19.1 Å². The van der Waals surface area contributed by atoms with Crippen molar-refractivity contribution < 1.29 is 14.3 Å². The highest BCUT2D eigenvalue weighted by atomic mass is 32.2. The van der Waals surface area contributed by atoms with E-state index in [2.05, 4.69) is 45.5 Å². The fourth-order valence-corrected chi connectivity index (χ4v) is 8.16. The highest BCUT2D eigenvalue weighted by Gasteiger charge is 2.34. The number of nitrogens with one attached hydrogen (secondary N) is 2. The van der Waals surface area contributed by atoms with Crippen LogP contribution in [0, 0.1) is 17.0 Å². The number of carbonyl (C=O) groups excluding carboxylic acids is 2. The molecule has 1 saturated carbocycles. The normalized spacial score (nSPS) is 18.1. The zero-order valence-electron chi connectivity index (χ0n) is 29.4. The van der Waals surface area contributed by atoms with Crippen LogP contribution in [-0.4, -0.2) is 90.7 Å². The van der Waals surface area contributed by atoms with E-state index in [0.717, 1.165) is 65.0 Å². The average molecular weight is 682 g/mol. The van der Waals surface area contributed by atoms with Crippen molar-refractivity contribution in [1.29, 1.82) is 5.41 Å². The first-order valence-corrected chi connectivity index (χ1v) is 18.8. The molecule has 0 radical (unpaired) electrons. The Balaban J connectivity index is 1.54. The number of carbonyl (C=O) groups is 2. The van der Waals surface area contributed by atoms with Crippen LogP contribution in [0.4, 0.5) is 0 Å². The van der Waals surface area contributed by atoms with Crippen LogP contribution in [0.1, 0.15) is 73.4 Å². The van der Waals surface area contributed by atoms with Crippen molar-refractivity contribution in [3.8, 4) is 22.7 Å². The molecule has 1 unspecified atom stereocenters. The molecule has 10 heteroatoms. The Hall–Kier alpha value is -4.11. The number of likely N-dealkylation sites (N-methyl/N-ethyl adjacent to an activating group) is 1. The summed E-state index contributed by atoms with van der Waals surface area (Å²) in [4.78, 5) is 36.3. The lowest BCUT2D eigenvalue weighted by molar-refractivity contribution is -0.133. The molecule has 1 aliphatic carbocycles. The number of benzene rings is 2. The lowest BCUT2D eigenvalue weighted by Crippen LogP contribution is -2.50. The summed E-state index contributed by atoms with van der Waals surface area (Å²) in [6.45, 7) is 7.27. The molecule has 1 aromatic heterocycles. The Labute approximate surface area is 292 Å². The summed E-state index contributed by atoms with van der Waals surface area (Å²) in [6.07, 6.45) is 9.21. The third kappa shape index (κ3) is 6.87. The molecule has 3 heterocycles. The number of fused-ring (bicyclic) bond motifs is 5. The summed E-state index contributed by atoms with van der Waals surface area (Å²) < 4.78 is 11.0. The summed E-state index contributed by atoms with van der Waals surface area (Å²) >= 11 is 0. The van der Waals surface area contributed by atoms with E-state index in [1.54, 1.807) is 14.2 Å². The van der Waals surface area contributed by atoms with Crippen molar-refractivity contribution in [3.63, 3.8) is 0 Å². The number of ether oxygens (including phenoxy) is 1. The minimum Gasteiger partial charge on any atom is -0.497 e. The van der Waals surface area contributed by atoms with Gasteiger partial charge in [-0.05, 0) is 78.9 Å². The summed E-state index contributed by atoms with van der Waals surface area (Å²) in [6, 6.07) is 12.2. The van der Waals surface area contributed by atoms with Crippen LogP contribution in [0.5, 0.6) is 5.75 Å². The lowest BCUT2D eigenvalue weighted by atomic mass is 9.81. The number of allylic oxidation sites excluding steroid dienone is 1. The molecule has 49 heavy (non-hydrogen) atoms. The van der Waals surface area contributed by atoms with Crippen LogP contribution >= 0.6 is 0 Å². The number of hydrogen-bond acceptors (Lipinski definition) is 7. The fourth-order valence-electron chi connectivity index (χ4n) is 7.60. The van der Waals surface area contributed by atoms with Crippen LogP contribution in [0.25, 0.3) is 28.2 Å². The molecule has 2 aliphatic heterocycles. The Kier molecular flexibility index (Phi) is 10.5. The predicted octanol–water partition coefficient (Wildman–Crippen LogP) is 6.13. The van der Waals surface area contributed by atoms with Crippen molar-refractivity contribution in [2.45, 2.75) is 63.7 Å². The van der Waals surface area contributed by atoms with Gasteiger partial charge in [0.05, 0.1) is 25.1 Å². The van der Waals surface area contributed by atoms with Gasteiger partial charge in [-0.25, -0.2) is 0 Å². The summed E-state index contributed by atoms with van der Waals surface area (Å²) in [5.74, 6) is 0.0258. The molecule has 260 valence electrons. The Morgan fingerprint density at radius 3 is 2.47 bits per heavy atom. The molecule has 9 nitrogen and oxygen atoms in total. The molecule has 2 aromatic carbocycles. The van der Waals surface area contributed by atoms with Crippen molar-refractivity contribution in [2.75, 3.05) is 47.4 Å². The lowest BCUT2D eigenvalue weighted by Gasteiger charge is -2.34. The zero-order valence-corrected chi connectivity index (χ0v) is 30.2. The van der Waals surface area contributed by atoms with E-state index in [0.29, 0.717) is 36.8 Å². The smallest absolute Gasteiger partial charge is 0.237 e. The molecule has 3 aliphatic rings. The zero-order chi connectivity index (χ0) is 34.8. The molecular formula is C39H49N6O3S-. The third-order valence-corrected chi connectivity index (χ3v) is 11.8. The number of aliphatic imine (C=N–C) groups is 1. The van der Waals surface area contributed by atoms with Crippen LogP contribution in [0.3, 0.4) is 0 Å². The maximum absolute atomic E-state index is 14.0. The van der Waals surface area contributed by atoms with Crippen LogP contribution in [0.15, 0.2) is 47.0 Å². The number of methoxy groups -OCH3 is 1. The standard InChI is InChI=1S/C39H49N6O3S/c1-25(2)49(6)42-38(46)27-12-14-32-34(22-27)45-24-29(36(41-3)33(23-40)39(47)44-18-16-43(4)17-19-44)20-28-21-30(48-5)13-15-31(28)37(45)35(32)26-10-8-7-9-11-26/h6,12-15,20-23,25-26,33,40H,7-11,16-19,24H2,1-5H3,(H,42,46)/q-1. The Bertz CT molecular complexity index is 1900. The third-order valence-electron chi connectivity index (χ3n) is 10.4. The first-order valence-electron chi connectivity index (χ1n) is 17.4. The quantitative estimate of drug-likeness (QED) is 0.231. The van der Waals surface area contributed by atoms with Gasteiger partial charge in [-0.1, -0.05) is 39.2 Å². The topological polar surface area (TPSA) is 103 Å². The summed E-state index contributed by atoms with van der Waals surface area (Å²) in [5.41, 5.74) is 13.8. The van der Waals surface area contributed by atoms with Gasteiger partial charge in [-0.2, -0.15) is 0 Å². The van der Waals surface area contributed by atoms with E-state index >= 15 is 0 Å². The van der Waals surface area contributed by atoms with Crippen LogP contribution in [-0.2, 0) is 21.8 Å². The van der Waals surface area contributed by atoms with Gasteiger partial charge in [0.2, 0.25) is 11.8 Å². The van der Waals surface area contributed by atoms with Gasteiger partial charge in [0, 0.05) is 61.5 Å². The Morgan fingerprint density at radius 1 is 1.08 bits per heavy atom. The predicted molar refractivity (Wildman–Crippen MR) is 202 cm³/mol. The molecule has 2 N–H and O–H groups in total. The number of amides is 2. The second kappa shape index (κ2) is 14.8. The minimum absolute atomic E-state index is 0.0959. The van der Waals surface area contributed by atoms with Gasteiger partial charge in [-0.15, -0.1) is 5.25 Å². The SMILES string of the molecule is C#[S-](NC(=O)c1ccc2c(C3CCCCC3)c3n(c2c1)CC(C(=NC)C(C=N)C(=O)N1CCN(C)CC1)=Cc1cc(OC)ccc1-3)C(C)C. The molecule has 1 atom stereocenters. The molecule has 3 aromatic rings. The highest BCUT2D eigenvalue weighted by Crippen LogP contribution is 2.47. The van der Waals surface area contributed by atoms with E-state index in [1.807, 2.05) is 36.9 Å². The maximum atomic E-state index is 14.0. The van der Waals surface area contributed by atoms with Crippen molar-refractivity contribution in [2.24, 2.45) is 10.9 Å². The van der Waals surface area contributed by atoms with Gasteiger partial charge in [0.1, 0.15) is 11.7 Å². The van der Waals surface area contributed by atoms with Crippen molar-refractivity contribution >= 4 is 51.2 Å². The Morgan fingerprint density at radius 2 is 1.82 bits per heavy atom. The number of hydrogen-bond donors (Lipinski definition) is 2. The van der Waals surface area contributed by atoms with E-state index in [9.17, 15) is 9.59 Å². The van der Waals surface area contributed by atoms with Crippen molar-refractivity contribution in [3.05, 3.63) is 58.7 Å². The first kappa shape index (κ1) is 34.7. The van der Waals surface area contributed by atoms with Gasteiger partial charge in [-0.3, -0.25) is 14.6 Å². The van der Waals surface area contributed by atoms with Gasteiger partial charge >= 0.3 is 0 Å². The molecule has 6 rings (SSSR count). The maximum Gasteiger partial charge on any atom is 0.237 e. The van der Waals surface area contributed by atoms with Gasteiger partial charge < -0.3 is 45.4 Å². The molecule has 2 amide bonds. The van der Waals surface area contributed by atoms with Crippen LogP contribution in [0.2, 0.25) is 0 Å². The number of piperazine rings is 1. The van der Waals surface area contributed by atoms with E-state index in [-0.39, 0.29) is 17.1 Å². The monoisotopic (exact) mass is 681 g/mol. The summed E-state index contributed by atoms with van der Waals surface area (Å²) in [5, 5.41) is 9.73. The van der Waals surface area contributed by atoms with Gasteiger partial charge in [0.25, 0.3) is 0 Å². The summed E-state index contributed by atoms with van der Waals surface area (Å²) in [7, 11) is 4.69. The minimum atomic E-state index is -0.810. The molecule has 0 bridgehead atoms. The molecular weight excluding hydrogens is 633 g/mol. The molecule has 2 fully saturated rings. The second-order valence-corrected chi connectivity index (χ2v) is 15.7. The van der Waals surface area contributed by atoms with Gasteiger partial charge in [0.15, 0.2) is 0 Å². The molecule has 1 saturated heterocycles. The van der Waals surface area contributed by atoms with E-state index in [4.69, 9.17) is 20.8 Å². The highest BCUT2D eigenvalue weighted by molar-refractivity contribution is 7.85. The molecule has 0 spiro atoms. The van der Waals surface area contributed by atoms with E-state index in [1.165, 1.54) is 31.0 Å². The largest absolute Gasteiger partial charge is 0.497 e. The number of aromatic nitrogens is 1.